The number of carbonyl (C=O) groups excluding carboxylic acids is 2. The highest BCUT2D eigenvalue weighted by Gasteiger charge is 2.38. The Bertz CT molecular complexity index is 821. The minimum absolute atomic E-state index is 0.0822. The Kier molecular flexibility index (Phi) is 5.11. The average molecular weight is 354 g/mol. The van der Waals surface area contributed by atoms with E-state index in [9.17, 15) is 9.59 Å². The summed E-state index contributed by atoms with van der Waals surface area (Å²) in [5.41, 5.74) is 1.37. The molecule has 1 aliphatic heterocycles. The molecule has 0 aliphatic carbocycles. The van der Waals surface area contributed by atoms with Crippen LogP contribution in [0.1, 0.15) is 6.42 Å². The number of benzene rings is 2. The summed E-state index contributed by atoms with van der Waals surface area (Å²) in [5, 5.41) is 0. The third-order valence-electron chi connectivity index (χ3n) is 4.63. The molecule has 1 atom stereocenters. The van der Waals surface area contributed by atoms with E-state index in [-0.39, 0.29) is 18.2 Å². The van der Waals surface area contributed by atoms with E-state index in [4.69, 9.17) is 9.47 Å². The van der Waals surface area contributed by atoms with Crippen molar-refractivity contribution >= 4 is 23.2 Å². The maximum Gasteiger partial charge on any atom is 0.232 e. The molecule has 1 aliphatic rings. The molecule has 0 saturated carbocycles. The average Bonchev–Trinajstić information content (AvgIpc) is 3.08. The molecule has 6 nitrogen and oxygen atoms in total. The topological polar surface area (TPSA) is 59.1 Å². The Morgan fingerprint density at radius 1 is 1.04 bits per heavy atom. The number of carbonyl (C=O) groups is 2. The molecule has 26 heavy (non-hydrogen) atoms. The Morgan fingerprint density at radius 3 is 2.35 bits per heavy atom. The van der Waals surface area contributed by atoms with Gasteiger partial charge in [0.1, 0.15) is 11.5 Å². The molecule has 1 heterocycles. The zero-order chi connectivity index (χ0) is 18.7. The van der Waals surface area contributed by atoms with Crippen molar-refractivity contribution in [2.75, 3.05) is 37.6 Å². The van der Waals surface area contributed by atoms with Gasteiger partial charge >= 0.3 is 0 Å². The molecule has 2 aromatic rings. The van der Waals surface area contributed by atoms with Gasteiger partial charge in [0.25, 0.3) is 0 Å². The van der Waals surface area contributed by atoms with Gasteiger partial charge in [-0.2, -0.15) is 0 Å². The Balaban J connectivity index is 1.81. The number of para-hydroxylation sites is 4. The lowest BCUT2D eigenvalue weighted by Gasteiger charge is -2.23. The van der Waals surface area contributed by atoms with E-state index in [0.29, 0.717) is 29.4 Å². The van der Waals surface area contributed by atoms with Crippen molar-refractivity contribution in [2.24, 2.45) is 5.92 Å². The summed E-state index contributed by atoms with van der Waals surface area (Å²) in [6, 6.07) is 14.7. The first-order valence-electron chi connectivity index (χ1n) is 8.40. The summed E-state index contributed by atoms with van der Waals surface area (Å²) in [6.07, 6.45) is 0.177. The second-order valence-electron chi connectivity index (χ2n) is 6.15. The van der Waals surface area contributed by atoms with Crippen LogP contribution in [0.5, 0.6) is 11.5 Å². The Morgan fingerprint density at radius 2 is 1.65 bits per heavy atom. The van der Waals surface area contributed by atoms with Crippen molar-refractivity contribution in [3.8, 4) is 11.5 Å². The third-order valence-corrected chi connectivity index (χ3v) is 4.63. The first-order chi connectivity index (χ1) is 12.6. The molecule has 0 bridgehead atoms. The smallest absolute Gasteiger partial charge is 0.232 e. The lowest BCUT2D eigenvalue weighted by atomic mass is 10.1. The van der Waals surface area contributed by atoms with Crippen LogP contribution >= 0.6 is 0 Å². The number of ether oxygens (including phenoxy) is 2. The van der Waals surface area contributed by atoms with Crippen molar-refractivity contribution in [1.82, 2.24) is 0 Å². The van der Waals surface area contributed by atoms with Crippen LogP contribution in [0.2, 0.25) is 0 Å². The van der Waals surface area contributed by atoms with Crippen molar-refractivity contribution in [2.45, 2.75) is 6.42 Å². The van der Waals surface area contributed by atoms with Gasteiger partial charge in [-0.25, -0.2) is 0 Å². The first-order valence-corrected chi connectivity index (χ1v) is 8.40. The lowest BCUT2D eigenvalue weighted by Crippen LogP contribution is -2.35. The fourth-order valence-corrected chi connectivity index (χ4v) is 3.26. The van der Waals surface area contributed by atoms with E-state index in [1.54, 1.807) is 43.2 Å². The summed E-state index contributed by atoms with van der Waals surface area (Å²) in [5.74, 6) is 0.630. The highest BCUT2D eigenvalue weighted by atomic mass is 16.5. The standard InChI is InChI=1S/C20H22N2O4/c1-21(15-8-4-6-10-17(15)25-2)20(24)14-12-19(23)22(13-14)16-9-5-7-11-18(16)26-3/h4-11,14H,12-13H2,1-3H3. The molecule has 2 amide bonds. The second kappa shape index (κ2) is 7.47. The van der Waals surface area contributed by atoms with Gasteiger partial charge in [0.15, 0.2) is 0 Å². The molecular weight excluding hydrogens is 332 g/mol. The van der Waals surface area contributed by atoms with Gasteiger partial charge in [0.05, 0.1) is 31.5 Å². The Labute approximate surface area is 152 Å². The molecule has 0 radical (unpaired) electrons. The van der Waals surface area contributed by atoms with Gasteiger partial charge in [0, 0.05) is 20.0 Å². The Hall–Kier alpha value is -3.02. The summed E-state index contributed by atoms with van der Waals surface area (Å²) in [6.45, 7) is 0.331. The number of rotatable bonds is 5. The van der Waals surface area contributed by atoms with Crippen LogP contribution in [-0.4, -0.2) is 39.6 Å². The molecule has 0 aromatic heterocycles. The summed E-state index contributed by atoms with van der Waals surface area (Å²) in [4.78, 5) is 28.6. The van der Waals surface area contributed by atoms with Crippen molar-refractivity contribution in [1.29, 1.82) is 0 Å². The monoisotopic (exact) mass is 354 g/mol. The fraction of sp³-hybridized carbons (Fsp3) is 0.300. The van der Waals surface area contributed by atoms with Crippen LogP contribution in [0.4, 0.5) is 11.4 Å². The summed E-state index contributed by atoms with van der Waals surface area (Å²) >= 11 is 0. The molecule has 0 spiro atoms. The molecule has 3 rings (SSSR count). The van der Waals surface area contributed by atoms with E-state index < -0.39 is 5.92 Å². The van der Waals surface area contributed by atoms with Crippen LogP contribution in [0.15, 0.2) is 48.5 Å². The number of hydrogen-bond acceptors (Lipinski definition) is 4. The van der Waals surface area contributed by atoms with Gasteiger partial charge in [-0.3, -0.25) is 9.59 Å². The van der Waals surface area contributed by atoms with Crippen molar-refractivity contribution in [3.63, 3.8) is 0 Å². The number of anilines is 2. The van der Waals surface area contributed by atoms with Crippen LogP contribution in [0.25, 0.3) is 0 Å². The normalized spacial score (nSPS) is 16.5. The maximum absolute atomic E-state index is 13.0. The minimum atomic E-state index is -0.415. The fourth-order valence-electron chi connectivity index (χ4n) is 3.26. The van der Waals surface area contributed by atoms with Gasteiger partial charge in [-0.05, 0) is 24.3 Å². The van der Waals surface area contributed by atoms with E-state index in [1.165, 1.54) is 0 Å². The molecule has 1 saturated heterocycles. The van der Waals surface area contributed by atoms with Crippen LogP contribution in [0.3, 0.4) is 0 Å². The number of hydrogen-bond donors (Lipinski definition) is 0. The zero-order valence-corrected chi connectivity index (χ0v) is 15.1. The van der Waals surface area contributed by atoms with E-state index in [0.717, 1.165) is 0 Å². The van der Waals surface area contributed by atoms with E-state index in [1.807, 2.05) is 36.4 Å². The van der Waals surface area contributed by atoms with Gasteiger partial charge < -0.3 is 19.3 Å². The van der Waals surface area contributed by atoms with Crippen molar-refractivity contribution < 1.29 is 19.1 Å². The SMILES string of the molecule is COc1ccccc1N(C)C(=O)C1CC(=O)N(c2ccccc2OC)C1. The molecule has 1 fully saturated rings. The van der Waals surface area contributed by atoms with Crippen LogP contribution in [-0.2, 0) is 9.59 Å². The predicted molar refractivity (Wildman–Crippen MR) is 99.9 cm³/mol. The quantitative estimate of drug-likeness (QED) is 0.828. The summed E-state index contributed by atoms with van der Waals surface area (Å²) < 4.78 is 10.7. The molecular formula is C20H22N2O4. The van der Waals surface area contributed by atoms with Gasteiger partial charge in [-0.1, -0.05) is 24.3 Å². The molecule has 6 heteroatoms. The van der Waals surface area contributed by atoms with Crippen molar-refractivity contribution in [3.05, 3.63) is 48.5 Å². The number of nitrogens with zero attached hydrogens (tertiary/aromatic N) is 2. The number of amides is 2. The predicted octanol–water partition coefficient (Wildman–Crippen LogP) is 2.72. The molecule has 136 valence electrons. The zero-order valence-electron chi connectivity index (χ0n) is 15.1. The first kappa shape index (κ1) is 17.8. The molecule has 2 aromatic carbocycles. The highest BCUT2D eigenvalue weighted by Crippen LogP contribution is 2.34. The third kappa shape index (κ3) is 3.22. The van der Waals surface area contributed by atoms with E-state index in [2.05, 4.69) is 0 Å². The molecule has 0 N–H and O–H groups in total. The second-order valence-corrected chi connectivity index (χ2v) is 6.15. The van der Waals surface area contributed by atoms with E-state index >= 15 is 0 Å². The lowest BCUT2D eigenvalue weighted by molar-refractivity contribution is -0.124. The van der Waals surface area contributed by atoms with Crippen LogP contribution in [0, 0.1) is 5.92 Å². The number of methoxy groups -OCH3 is 2. The summed E-state index contributed by atoms with van der Waals surface area (Å²) in [7, 11) is 4.84. The molecule has 1 unspecified atom stereocenters. The maximum atomic E-state index is 13.0. The highest BCUT2D eigenvalue weighted by molar-refractivity contribution is 6.05. The van der Waals surface area contributed by atoms with Gasteiger partial charge in [0.2, 0.25) is 11.8 Å². The largest absolute Gasteiger partial charge is 0.495 e. The van der Waals surface area contributed by atoms with Gasteiger partial charge in [-0.15, -0.1) is 0 Å². The van der Waals surface area contributed by atoms with Crippen LogP contribution < -0.4 is 19.3 Å². The minimum Gasteiger partial charge on any atom is -0.495 e.